The first-order valence-corrected chi connectivity index (χ1v) is 7.43. The molecule has 1 aromatic rings. The molecule has 0 aromatic carbocycles. The minimum Gasteiger partial charge on any atom is -0.481 e. The van der Waals surface area contributed by atoms with Gasteiger partial charge in [0.2, 0.25) is 0 Å². The van der Waals surface area contributed by atoms with Crippen molar-refractivity contribution in [2.75, 3.05) is 6.54 Å². The first-order valence-electron chi connectivity index (χ1n) is 6.55. The summed E-state index contributed by atoms with van der Waals surface area (Å²) in [6, 6.07) is 4.78. The van der Waals surface area contributed by atoms with E-state index in [1.807, 2.05) is 13.8 Å². The lowest BCUT2D eigenvalue weighted by molar-refractivity contribution is -0.149. The second kappa shape index (κ2) is 5.41. The molecule has 0 aliphatic heterocycles. The number of thiophene rings is 1. The second-order valence-electron chi connectivity index (χ2n) is 5.43. The summed E-state index contributed by atoms with van der Waals surface area (Å²) in [5, 5.41) is 11.5. The quantitative estimate of drug-likeness (QED) is 0.824. The third-order valence-electron chi connectivity index (χ3n) is 3.85. The smallest absolute Gasteiger partial charge is 0.310 e. The van der Waals surface area contributed by atoms with Gasteiger partial charge in [-0.3, -0.25) is 9.69 Å². The Labute approximate surface area is 112 Å². The van der Waals surface area contributed by atoms with Gasteiger partial charge in [0, 0.05) is 24.0 Å². The number of nitrogens with zero attached hydrogens (tertiary/aromatic N) is 1. The Bertz CT molecular complexity index is 400. The molecule has 1 saturated carbocycles. The number of rotatable bonds is 7. The summed E-state index contributed by atoms with van der Waals surface area (Å²) in [4.78, 5) is 15.1. The number of carbonyl (C=O) groups is 1. The SMILES string of the molecule is CCC(C)(CN(Cc1cccs1)C1CC1)C(=O)O. The molecule has 4 heteroatoms. The average Bonchev–Trinajstić information content (AvgIpc) is 3.07. The Balaban J connectivity index is 2.04. The topological polar surface area (TPSA) is 40.5 Å². The van der Waals surface area contributed by atoms with E-state index in [1.165, 1.54) is 17.7 Å². The van der Waals surface area contributed by atoms with Crippen LogP contribution < -0.4 is 0 Å². The van der Waals surface area contributed by atoms with Crippen LogP contribution in [0.25, 0.3) is 0 Å². The Morgan fingerprint density at radius 1 is 1.61 bits per heavy atom. The van der Waals surface area contributed by atoms with Gasteiger partial charge in [-0.05, 0) is 37.6 Å². The molecule has 1 unspecified atom stereocenters. The Morgan fingerprint density at radius 2 is 2.33 bits per heavy atom. The van der Waals surface area contributed by atoms with Crippen LogP contribution in [0.3, 0.4) is 0 Å². The lowest BCUT2D eigenvalue weighted by Crippen LogP contribution is -2.41. The first kappa shape index (κ1) is 13.6. The fourth-order valence-electron chi connectivity index (χ4n) is 2.14. The van der Waals surface area contributed by atoms with Crippen molar-refractivity contribution in [3.8, 4) is 0 Å². The molecule has 2 rings (SSSR count). The minimum atomic E-state index is -0.679. The molecule has 1 atom stereocenters. The number of carboxylic acid groups (broad SMARTS) is 1. The highest BCUT2D eigenvalue weighted by Crippen LogP contribution is 2.33. The molecule has 0 radical (unpaired) electrons. The van der Waals surface area contributed by atoms with Gasteiger partial charge >= 0.3 is 5.97 Å². The minimum absolute atomic E-state index is 0.595. The molecule has 0 bridgehead atoms. The predicted octanol–water partition coefficient (Wildman–Crippen LogP) is 3.21. The molecular formula is C14H21NO2S. The van der Waals surface area contributed by atoms with E-state index in [1.54, 1.807) is 11.3 Å². The van der Waals surface area contributed by atoms with Gasteiger partial charge in [-0.2, -0.15) is 0 Å². The molecule has 0 saturated heterocycles. The summed E-state index contributed by atoms with van der Waals surface area (Å²) < 4.78 is 0. The van der Waals surface area contributed by atoms with E-state index in [9.17, 15) is 9.90 Å². The van der Waals surface area contributed by atoms with Crippen LogP contribution in [0.2, 0.25) is 0 Å². The van der Waals surface area contributed by atoms with Gasteiger partial charge in [0.15, 0.2) is 0 Å². The molecule has 1 aromatic heterocycles. The summed E-state index contributed by atoms with van der Waals surface area (Å²) >= 11 is 1.75. The molecule has 1 fully saturated rings. The predicted molar refractivity (Wildman–Crippen MR) is 73.8 cm³/mol. The summed E-state index contributed by atoms with van der Waals surface area (Å²) in [5.41, 5.74) is -0.625. The fourth-order valence-corrected chi connectivity index (χ4v) is 2.86. The lowest BCUT2D eigenvalue weighted by Gasteiger charge is -2.31. The normalized spacial score (nSPS) is 18.8. The van der Waals surface area contributed by atoms with Crippen molar-refractivity contribution in [3.05, 3.63) is 22.4 Å². The maximum absolute atomic E-state index is 11.4. The van der Waals surface area contributed by atoms with E-state index >= 15 is 0 Å². The van der Waals surface area contributed by atoms with Crippen molar-refractivity contribution < 1.29 is 9.90 Å². The molecule has 3 nitrogen and oxygen atoms in total. The Morgan fingerprint density at radius 3 is 2.78 bits per heavy atom. The van der Waals surface area contributed by atoms with E-state index in [2.05, 4.69) is 22.4 Å². The van der Waals surface area contributed by atoms with E-state index in [0.717, 1.165) is 6.54 Å². The van der Waals surface area contributed by atoms with Gasteiger partial charge in [-0.15, -0.1) is 11.3 Å². The van der Waals surface area contributed by atoms with Crippen LogP contribution in [0.4, 0.5) is 0 Å². The van der Waals surface area contributed by atoms with Crippen LogP contribution in [0.15, 0.2) is 17.5 Å². The van der Waals surface area contributed by atoms with Gasteiger partial charge in [0.25, 0.3) is 0 Å². The van der Waals surface area contributed by atoms with Crippen molar-refractivity contribution in [1.82, 2.24) is 4.90 Å². The second-order valence-corrected chi connectivity index (χ2v) is 6.47. The molecular weight excluding hydrogens is 246 g/mol. The highest BCUT2D eigenvalue weighted by Gasteiger charge is 2.38. The fraction of sp³-hybridized carbons (Fsp3) is 0.643. The monoisotopic (exact) mass is 267 g/mol. The van der Waals surface area contributed by atoms with Crippen molar-refractivity contribution in [3.63, 3.8) is 0 Å². The molecule has 1 N–H and O–H groups in total. The molecule has 1 aliphatic rings. The molecule has 1 heterocycles. The summed E-state index contributed by atoms with van der Waals surface area (Å²) in [5.74, 6) is -0.679. The molecule has 1 aliphatic carbocycles. The van der Waals surface area contributed by atoms with Crippen molar-refractivity contribution in [1.29, 1.82) is 0 Å². The maximum Gasteiger partial charge on any atom is 0.310 e. The highest BCUT2D eigenvalue weighted by molar-refractivity contribution is 7.09. The van der Waals surface area contributed by atoms with Gasteiger partial charge in [-0.1, -0.05) is 13.0 Å². The van der Waals surface area contributed by atoms with E-state index < -0.39 is 11.4 Å². The number of carboxylic acids is 1. The summed E-state index contributed by atoms with van der Waals surface area (Å²) in [6.45, 7) is 5.37. The highest BCUT2D eigenvalue weighted by atomic mass is 32.1. The first-order chi connectivity index (χ1) is 8.55. The number of hydrogen-bond donors (Lipinski definition) is 1. The zero-order valence-electron chi connectivity index (χ0n) is 11.1. The van der Waals surface area contributed by atoms with Crippen molar-refractivity contribution in [2.45, 2.75) is 45.7 Å². The van der Waals surface area contributed by atoms with Crippen LogP contribution in [0.5, 0.6) is 0 Å². The molecule has 0 amide bonds. The van der Waals surface area contributed by atoms with Gasteiger partial charge in [-0.25, -0.2) is 0 Å². The Hall–Kier alpha value is -0.870. The van der Waals surface area contributed by atoms with Gasteiger partial charge in [0.05, 0.1) is 5.41 Å². The molecule has 0 spiro atoms. The number of hydrogen-bond acceptors (Lipinski definition) is 3. The zero-order valence-corrected chi connectivity index (χ0v) is 11.9. The zero-order chi connectivity index (χ0) is 13.2. The summed E-state index contributed by atoms with van der Waals surface area (Å²) in [6.07, 6.45) is 3.10. The van der Waals surface area contributed by atoms with Crippen molar-refractivity contribution >= 4 is 17.3 Å². The lowest BCUT2D eigenvalue weighted by atomic mass is 9.87. The van der Waals surface area contributed by atoms with E-state index in [4.69, 9.17) is 0 Å². The largest absolute Gasteiger partial charge is 0.481 e. The third kappa shape index (κ3) is 3.12. The number of aliphatic carboxylic acids is 1. The maximum atomic E-state index is 11.4. The Kier molecular flexibility index (Phi) is 4.07. The molecule has 18 heavy (non-hydrogen) atoms. The van der Waals surface area contributed by atoms with Crippen LogP contribution in [0, 0.1) is 5.41 Å². The molecule has 100 valence electrons. The van der Waals surface area contributed by atoms with Crippen LogP contribution in [0.1, 0.15) is 38.0 Å². The van der Waals surface area contributed by atoms with E-state index in [0.29, 0.717) is 19.0 Å². The third-order valence-corrected chi connectivity index (χ3v) is 4.71. The van der Waals surface area contributed by atoms with Gasteiger partial charge < -0.3 is 5.11 Å². The standard InChI is InChI=1S/C14H21NO2S/c1-3-14(2,13(16)17)10-15(11-6-7-11)9-12-5-4-8-18-12/h4-5,8,11H,3,6-7,9-10H2,1-2H3,(H,16,17). The van der Waals surface area contributed by atoms with Crippen LogP contribution >= 0.6 is 11.3 Å². The van der Waals surface area contributed by atoms with Crippen LogP contribution in [-0.2, 0) is 11.3 Å². The van der Waals surface area contributed by atoms with E-state index in [-0.39, 0.29) is 0 Å². The average molecular weight is 267 g/mol. The van der Waals surface area contributed by atoms with Gasteiger partial charge in [0.1, 0.15) is 0 Å². The van der Waals surface area contributed by atoms with Crippen LogP contribution in [-0.4, -0.2) is 28.6 Å². The summed E-state index contributed by atoms with van der Waals surface area (Å²) in [7, 11) is 0. The van der Waals surface area contributed by atoms with Crippen molar-refractivity contribution in [2.24, 2.45) is 5.41 Å².